The number of unbranched alkanes of at least 4 members (excludes halogenated alkanes) is 1. The third kappa shape index (κ3) is 5.09. The zero-order valence-corrected chi connectivity index (χ0v) is 10.0. The van der Waals surface area contributed by atoms with E-state index in [9.17, 15) is 4.79 Å². The van der Waals surface area contributed by atoms with Gasteiger partial charge in [-0.1, -0.05) is 28.9 Å². The van der Waals surface area contributed by atoms with Crippen molar-refractivity contribution in [3.63, 3.8) is 0 Å². The zero-order chi connectivity index (χ0) is 10.3. The molecular formula is C10H18BrNO. The number of carbonyl (C=O) groups excluding carboxylic acids is 1. The molecule has 3 heteroatoms. The summed E-state index contributed by atoms with van der Waals surface area (Å²) in [6.45, 7) is 6.45. The average molecular weight is 248 g/mol. The van der Waals surface area contributed by atoms with Crippen LogP contribution in [0.4, 0.5) is 0 Å². The Labute approximate surface area is 89.1 Å². The molecular weight excluding hydrogens is 230 g/mol. The number of hydrogen-bond acceptors (Lipinski definition) is 1. The van der Waals surface area contributed by atoms with Gasteiger partial charge >= 0.3 is 0 Å². The maximum Gasteiger partial charge on any atom is 0.236 e. The Morgan fingerprint density at radius 2 is 2.31 bits per heavy atom. The molecule has 13 heavy (non-hydrogen) atoms. The van der Waals surface area contributed by atoms with Gasteiger partial charge in [0.05, 0.1) is 4.83 Å². The highest BCUT2D eigenvalue weighted by atomic mass is 79.9. The van der Waals surface area contributed by atoms with Gasteiger partial charge in [-0.25, -0.2) is 0 Å². The van der Waals surface area contributed by atoms with E-state index in [-0.39, 0.29) is 10.7 Å². The van der Waals surface area contributed by atoms with Gasteiger partial charge in [0.15, 0.2) is 0 Å². The summed E-state index contributed by atoms with van der Waals surface area (Å²) < 4.78 is 0. The normalized spacial score (nSPS) is 12.2. The fourth-order valence-electron chi connectivity index (χ4n) is 0.997. The highest BCUT2D eigenvalue weighted by Crippen LogP contribution is 2.08. The van der Waals surface area contributed by atoms with E-state index in [4.69, 9.17) is 0 Å². The maximum absolute atomic E-state index is 11.5. The molecule has 0 spiro atoms. The minimum absolute atomic E-state index is 0.0266. The van der Waals surface area contributed by atoms with E-state index < -0.39 is 0 Å². The van der Waals surface area contributed by atoms with Crippen LogP contribution in [0.2, 0.25) is 0 Å². The molecule has 1 atom stereocenters. The van der Waals surface area contributed by atoms with Crippen LogP contribution in [0.1, 0.15) is 26.2 Å². The lowest BCUT2D eigenvalue weighted by atomic mass is 10.2. The minimum Gasteiger partial charge on any atom is -0.345 e. The van der Waals surface area contributed by atoms with Crippen molar-refractivity contribution in [3.05, 3.63) is 12.7 Å². The second kappa shape index (κ2) is 7.13. The topological polar surface area (TPSA) is 20.3 Å². The Bertz CT molecular complexity index is 170. The molecule has 0 fully saturated rings. The van der Waals surface area contributed by atoms with Crippen LogP contribution < -0.4 is 0 Å². The number of nitrogens with zero attached hydrogens (tertiary/aromatic N) is 1. The number of carbonyl (C=O) groups is 1. The quantitative estimate of drug-likeness (QED) is 0.402. The first-order chi connectivity index (χ1) is 6.13. The van der Waals surface area contributed by atoms with Gasteiger partial charge in [0.1, 0.15) is 0 Å². The predicted octanol–water partition coefficient (Wildman–Crippen LogP) is 2.58. The summed E-state index contributed by atoms with van der Waals surface area (Å²) in [7, 11) is 1.84. The van der Waals surface area contributed by atoms with Gasteiger partial charge in [0, 0.05) is 13.6 Å². The first-order valence-corrected chi connectivity index (χ1v) is 5.55. The molecule has 0 aromatic rings. The predicted molar refractivity (Wildman–Crippen MR) is 60.1 cm³/mol. The summed E-state index contributed by atoms with van der Waals surface area (Å²) in [5.74, 6) is 0.173. The molecule has 0 aliphatic heterocycles. The second-order valence-electron chi connectivity index (χ2n) is 3.07. The molecule has 0 radical (unpaired) electrons. The molecule has 0 rings (SSSR count). The highest BCUT2D eigenvalue weighted by molar-refractivity contribution is 9.10. The van der Waals surface area contributed by atoms with Crippen LogP contribution >= 0.6 is 15.9 Å². The Balaban J connectivity index is 3.75. The molecule has 0 saturated heterocycles. The minimum atomic E-state index is -0.0266. The van der Waals surface area contributed by atoms with Crippen molar-refractivity contribution >= 4 is 21.8 Å². The average Bonchev–Trinajstić information content (AvgIpc) is 2.15. The van der Waals surface area contributed by atoms with E-state index in [1.54, 1.807) is 4.90 Å². The summed E-state index contributed by atoms with van der Waals surface area (Å²) in [5, 5.41) is 0. The lowest BCUT2D eigenvalue weighted by molar-refractivity contribution is -0.129. The number of halogens is 1. The maximum atomic E-state index is 11.5. The van der Waals surface area contributed by atoms with Crippen molar-refractivity contribution in [2.45, 2.75) is 31.0 Å². The molecule has 0 bridgehead atoms. The van der Waals surface area contributed by atoms with Gasteiger partial charge in [-0.2, -0.15) is 0 Å². The van der Waals surface area contributed by atoms with Gasteiger partial charge in [-0.05, 0) is 19.3 Å². The molecule has 1 unspecified atom stereocenters. The molecule has 0 heterocycles. The number of hydrogen-bond donors (Lipinski definition) is 0. The molecule has 0 N–H and O–H groups in total. The van der Waals surface area contributed by atoms with Crippen molar-refractivity contribution in [1.29, 1.82) is 0 Å². The molecule has 0 aromatic carbocycles. The largest absolute Gasteiger partial charge is 0.345 e. The fourth-order valence-corrected chi connectivity index (χ4v) is 1.35. The van der Waals surface area contributed by atoms with Crippen molar-refractivity contribution in [1.82, 2.24) is 4.90 Å². The van der Waals surface area contributed by atoms with Crippen LogP contribution in [-0.4, -0.2) is 29.2 Å². The van der Waals surface area contributed by atoms with Crippen LogP contribution in [0.5, 0.6) is 0 Å². The van der Waals surface area contributed by atoms with Crippen molar-refractivity contribution in [2.75, 3.05) is 13.6 Å². The van der Waals surface area contributed by atoms with E-state index in [2.05, 4.69) is 22.5 Å². The zero-order valence-electron chi connectivity index (χ0n) is 8.42. The van der Waals surface area contributed by atoms with Crippen LogP contribution in [0.15, 0.2) is 12.7 Å². The van der Waals surface area contributed by atoms with Gasteiger partial charge in [-0.3, -0.25) is 4.79 Å². The van der Waals surface area contributed by atoms with Crippen molar-refractivity contribution < 1.29 is 4.79 Å². The van der Waals surface area contributed by atoms with E-state index >= 15 is 0 Å². The Morgan fingerprint density at radius 1 is 1.69 bits per heavy atom. The smallest absolute Gasteiger partial charge is 0.236 e. The van der Waals surface area contributed by atoms with Crippen LogP contribution in [0.25, 0.3) is 0 Å². The Hall–Kier alpha value is -0.310. The summed E-state index contributed by atoms with van der Waals surface area (Å²) in [5.41, 5.74) is 0. The summed E-state index contributed by atoms with van der Waals surface area (Å²) in [6, 6.07) is 0. The van der Waals surface area contributed by atoms with E-state index in [1.165, 1.54) is 0 Å². The van der Waals surface area contributed by atoms with Crippen LogP contribution in [0.3, 0.4) is 0 Å². The van der Waals surface area contributed by atoms with Gasteiger partial charge in [-0.15, -0.1) is 6.58 Å². The summed E-state index contributed by atoms with van der Waals surface area (Å²) >= 11 is 3.34. The third-order valence-electron chi connectivity index (χ3n) is 1.90. The molecule has 1 amide bonds. The van der Waals surface area contributed by atoms with E-state index in [0.29, 0.717) is 0 Å². The standard InChI is InChI=1S/C10H18BrNO/c1-4-6-7-8-12(3)10(13)9(11)5-2/h4,9H,1,5-8H2,2-3H3. The first-order valence-electron chi connectivity index (χ1n) is 4.63. The lowest BCUT2D eigenvalue weighted by Gasteiger charge is -2.19. The van der Waals surface area contributed by atoms with Crippen molar-refractivity contribution in [2.24, 2.45) is 0 Å². The second-order valence-corrected chi connectivity index (χ2v) is 4.17. The number of rotatable bonds is 6. The lowest BCUT2D eigenvalue weighted by Crippen LogP contribution is -2.33. The number of alkyl halides is 1. The van der Waals surface area contributed by atoms with E-state index in [1.807, 2.05) is 20.0 Å². The van der Waals surface area contributed by atoms with Crippen molar-refractivity contribution in [3.8, 4) is 0 Å². The number of amides is 1. The van der Waals surface area contributed by atoms with Gasteiger partial charge in [0.2, 0.25) is 5.91 Å². The Kier molecular flexibility index (Phi) is 6.96. The first kappa shape index (κ1) is 12.7. The van der Waals surface area contributed by atoms with E-state index in [0.717, 1.165) is 25.8 Å². The number of allylic oxidation sites excluding steroid dienone is 1. The van der Waals surface area contributed by atoms with Crippen LogP contribution in [-0.2, 0) is 4.79 Å². The summed E-state index contributed by atoms with van der Waals surface area (Å²) in [4.78, 5) is 13.3. The molecule has 76 valence electrons. The highest BCUT2D eigenvalue weighted by Gasteiger charge is 2.15. The Morgan fingerprint density at radius 3 is 2.77 bits per heavy atom. The van der Waals surface area contributed by atoms with Gasteiger partial charge in [0.25, 0.3) is 0 Å². The SMILES string of the molecule is C=CCCCN(C)C(=O)C(Br)CC. The fraction of sp³-hybridized carbons (Fsp3) is 0.700. The van der Waals surface area contributed by atoms with Crippen LogP contribution in [0, 0.1) is 0 Å². The monoisotopic (exact) mass is 247 g/mol. The molecule has 2 nitrogen and oxygen atoms in total. The molecule has 0 saturated carbocycles. The van der Waals surface area contributed by atoms with Gasteiger partial charge < -0.3 is 4.90 Å². The molecule has 0 aliphatic carbocycles. The summed E-state index contributed by atoms with van der Waals surface area (Å²) in [6.07, 6.45) is 4.68. The molecule has 0 aliphatic rings. The molecule has 0 aromatic heterocycles. The third-order valence-corrected chi connectivity index (χ3v) is 2.94.